The van der Waals surface area contributed by atoms with Crippen LogP contribution >= 0.6 is 11.6 Å². The Morgan fingerprint density at radius 1 is 0.783 bits per heavy atom. The van der Waals surface area contributed by atoms with Crippen LogP contribution < -0.4 is 0 Å². The van der Waals surface area contributed by atoms with Crippen LogP contribution in [0.3, 0.4) is 0 Å². The second-order valence-electron chi connectivity index (χ2n) is 6.29. The molecule has 0 aliphatic carbocycles. The van der Waals surface area contributed by atoms with Crippen molar-refractivity contribution in [2.75, 3.05) is 20.6 Å². The summed E-state index contributed by atoms with van der Waals surface area (Å²) < 4.78 is 0. The van der Waals surface area contributed by atoms with Crippen LogP contribution in [-0.2, 0) is 0 Å². The SMILES string of the molecule is CN(C)CC(c1ccc2ccccc2c1)[C@H](Cl)c1ccccc1. The molecular weight excluding hydrogens is 302 g/mol. The number of fused-ring (bicyclic) bond motifs is 1. The van der Waals surface area contributed by atoms with Crippen molar-refractivity contribution in [3.8, 4) is 0 Å². The Labute approximate surface area is 143 Å². The summed E-state index contributed by atoms with van der Waals surface area (Å²) in [7, 11) is 4.20. The van der Waals surface area contributed by atoms with Crippen LogP contribution in [-0.4, -0.2) is 25.5 Å². The van der Waals surface area contributed by atoms with Gasteiger partial charge in [0, 0.05) is 12.5 Å². The number of hydrogen-bond donors (Lipinski definition) is 0. The van der Waals surface area contributed by atoms with Gasteiger partial charge in [0.25, 0.3) is 0 Å². The molecule has 23 heavy (non-hydrogen) atoms. The quantitative estimate of drug-likeness (QED) is 0.563. The van der Waals surface area contributed by atoms with E-state index < -0.39 is 0 Å². The molecule has 2 heteroatoms. The molecule has 3 aromatic carbocycles. The summed E-state index contributed by atoms with van der Waals surface area (Å²) in [6, 6.07) is 25.5. The summed E-state index contributed by atoms with van der Waals surface area (Å²) in [5.41, 5.74) is 2.47. The summed E-state index contributed by atoms with van der Waals surface area (Å²) in [5, 5.41) is 2.50. The van der Waals surface area contributed by atoms with E-state index in [0.29, 0.717) is 0 Å². The lowest BCUT2D eigenvalue weighted by molar-refractivity contribution is 0.368. The van der Waals surface area contributed by atoms with E-state index in [1.807, 2.05) is 6.07 Å². The molecule has 0 amide bonds. The van der Waals surface area contributed by atoms with Gasteiger partial charge in [0.05, 0.1) is 5.38 Å². The lowest BCUT2D eigenvalue weighted by Crippen LogP contribution is -2.23. The smallest absolute Gasteiger partial charge is 0.0666 e. The van der Waals surface area contributed by atoms with Crippen LogP contribution in [0, 0.1) is 0 Å². The number of likely N-dealkylation sites (N-methyl/N-ethyl adjacent to an activating group) is 1. The molecule has 2 atom stereocenters. The minimum Gasteiger partial charge on any atom is -0.309 e. The topological polar surface area (TPSA) is 3.24 Å². The first-order valence-corrected chi connectivity index (χ1v) is 8.41. The third-order valence-corrected chi connectivity index (χ3v) is 4.79. The summed E-state index contributed by atoms with van der Waals surface area (Å²) in [5.74, 6) is 0.249. The van der Waals surface area contributed by atoms with Gasteiger partial charge in [-0.25, -0.2) is 0 Å². The predicted molar refractivity (Wildman–Crippen MR) is 100 cm³/mol. The van der Waals surface area contributed by atoms with E-state index in [9.17, 15) is 0 Å². The second kappa shape index (κ2) is 7.16. The number of halogens is 1. The summed E-state index contributed by atoms with van der Waals surface area (Å²) in [4.78, 5) is 2.21. The Balaban J connectivity index is 2.00. The molecule has 3 aromatic rings. The first-order chi connectivity index (χ1) is 11.1. The van der Waals surface area contributed by atoms with Crippen molar-refractivity contribution in [3.05, 3.63) is 83.9 Å². The summed E-state index contributed by atoms with van der Waals surface area (Å²) in [6.07, 6.45) is 0. The Kier molecular flexibility index (Phi) is 5.00. The normalized spacial score (nSPS) is 14.1. The number of alkyl halides is 1. The van der Waals surface area contributed by atoms with E-state index in [0.717, 1.165) is 6.54 Å². The fourth-order valence-corrected chi connectivity index (χ4v) is 3.44. The third-order valence-electron chi connectivity index (χ3n) is 4.23. The average Bonchev–Trinajstić information content (AvgIpc) is 2.59. The molecule has 0 N–H and O–H groups in total. The lowest BCUT2D eigenvalue weighted by atomic mass is 9.89. The molecule has 0 saturated carbocycles. The van der Waals surface area contributed by atoms with E-state index in [1.165, 1.54) is 21.9 Å². The van der Waals surface area contributed by atoms with E-state index in [1.54, 1.807) is 0 Å². The molecule has 118 valence electrons. The second-order valence-corrected chi connectivity index (χ2v) is 6.76. The van der Waals surface area contributed by atoms with Gasteiger partial charge >= 0.3 is 0 Å². The number of nitrogens with zero attached hydrogens (tertiary/aromatic N) is 1. The van der Waals surface area contributed by atoms with Crippen molar-refractivity contribution >= 4 is 22.4 Å². The summed E-state index contributed by atoms with van der Waals surface area (Å²) >= 11 is 6.88. The molecule has 0 spiro atoms. The van der Waals surface area contributed by atoms with Gasteiger partial charge in [-0.15, -0.1) is 11.6 Å². The number of rotatable bonds is 5. The highest BCUT2D eigenvalue weighted by molar-refractivity contribution is 6.21. The van der Waals surface area contributed by atoms with Gasteiger partial charge in [0.1, 0.15) is 0 Å². The van der Waals surface area contributed by atoms with E-state index >= 15 is 0 Å². The molecule has 1 unspecified atom stereocenters. The Bertz CT molecular complexity index is 767. The standard InChI is InChI=1S/C21H22ClN/c1-23(2)15-20(21(22)17-9-4-3-5-10-17)19-13-12-16-8-6-7-11-18(16)14-19/h3-14,20-21H,15H2,1-2H3/t20?,21-/m1/s1. The molecule has 1 nitrogen and oxygen atoms in total. The Morgan fingerprint density at radius 2 is 1.43 bits per heavy atom. The maximum atomic E-state index is 6.88. The molecule has 0 bridgehead atoms. The molecular formula is C21H22ClN. The molecule has 0 saturated heterocycles. The van der Waals surface area contributed by atoms with Crippen molar-refractivity contribution in [1.82, 2.24) is 4.90 Å². The van der Waals surface area contributed by atoms with Crippen LogP contribution in [0.15, 0.2) is 72.8 Å². The monoisotopic (exact) mass is 323 g/mol. The molecule has 3 rings (SSSR count). The van der Waals surface area contributed by atoms with Gasteiger partial charge in [0.15, 0.2) is 0 Å². The van der Waals surface area contributed by atoms with Gasteiger partial charge in [-0.1, -0.05) is 72.8 Å². The Morgan fingerprint density at radius 3 is 2.13 bits per heavy atom. The maximum absolute atomic E-state index is 6.88. The van der Waals surface area contributed by atoms with Crippen LogP contribution in [0.4, 0.5) is 0 Å². The van der Waals surface area contributed by atoms with Crippen molar-refractivity contribution in [2.45, 2.75) is 11.3 Å². The van der Waals surface area contributed by atoms with Gasteiger partial charge in [-0.05, 0) is 36.0 Å². The molecule has 0 heterocycles. The van der Waals surface area contributed by atoms with Crippen molar-refractivity contribution in [2.24, 2.45) is 0 Å². The maximum Gasteiger partial charge on any atom is 0.0666 e. The Hall–Kier alpha value is -1.83. The van der Waals surface area contributed by atoms with Gasteiger partial charge in [-0.2, -0.15) is 0 Å². The van der Waals surface area contributed by atoms with E-state index in [4.69, 9.17) is 11.6 Å². The highest BCUT2D eigenvalue weighted by Crippen LogP contribution is 2.37. The first kappa shape index (κ1) is 16.0. The minimum absolute atomic E-state index is 0.0419. The van der Waals surface area contributed by atoms with Crippen LogP contribution in [0.25, 0.3) is 10.8 Å². The predicted octanol–water partition coefficient (Wildman–Crippen LogP) is 5.47. The number of hydrogen-bond acceptors (Lipinski definition) is 1. The zero-order valence-corrected chi connectivity index (χ0v) is 14.4. The van der Waals surface area contributed by atoms with Crippen LogP contribution in [0.5, 0.6) is 0 Å². The molecule has 0 aliphatic heterocycles. The minimum atomic E-state index is -0.0419. The highest BCUT2D eigenvalue weighted by atomic mass is 35.5. The lowest BCUT2D eigenvalue weighted by Gasteiger charge is -2.26. The summed E-state index contributed by atoms with van der Waals surface area (Å²) in [6.45, 7) is 0.918. The van der Waals surface area contributed by atoms with Gasteiger partial charge < -0.3 is 4.90 Å². The number of benzene rings is 3. The third kappa shape index (κ3) is 3.74. The fraction of sp³-hybridized carbons (Fsp3) is 0.238. The highest BCUT2D eigenvalue weighted by Gasteiger charge is 2.23. The molecule has 0 aliphatic rings. The van der Waals surface area contributed by atoms with Crippen molar-refractivity contribution in [3.63, 3.8) is 0 Å². The molecule has 0 aromatic heterocycles. The van der Waals surface area contributed by atoms with Crippen molar-refractivity contribution in [1.29, 1.82) is 0 Å². The van der Waals surface area contributed by atoms with Gasteiger partial charge in [-0.3, -0.25) is 0 Å². The van der Waals surface area contributed by atoms with E-state index in [-0.39, 0.29) is 11.3 Å². The van der Waals surface area contributed by atoms with Crippen LogP contribution in [0.2, 0.25) is 0 Å². The zero-order valence-electron chi connectivity index (χ0n) is 13.6. The van der Waals surface area contributed by atoms with Crippen molar-refractivity contribution < 1.29 is 0 Å². The van der Waals surface area contributed by atoms with E-state index in [2.05, 4.69) is 85.7 Å². The molecule has 0 radical (unpaired) electrons. The molecule has 0 fully saturated rings. The zero-order chi connectivity index (χ0) is 16.2. The fourth-order valence-electron chi connectivity index (χ4n) is 3.07. The van der Waals surface area contributed by atoms with Gasteiger partial charge in [0.2, 0.25) is 0 Å². The van der Waals surface area contributed by atoms with Crippen LogP contribution in [0.1, 0.15) is 22.4 Å². The average molecular weight is 324 g/mol. The largest absolute Gasteiger partial charge is 0.309 e. The first-order valence-electron chi connectivity index (χ1n) is 7.97.